The molecule has 1 aromatic rings. The fraction of sp³-hybridized carbons (Fsp3) is 0.562. The van der Waals surface area contributed by atoms with Crippen molar-refractivity contribution in [1.29, 1.82) is 0 Å². The van der Waals surface area contributed by atoms with Gasteiger partial charge in [0.2, 0.25) is 5.91 Å². The molecule has 1 saturated heterocycles. The molecule has 1 aromatic carbocycles. The molecule has 0 aromatic heterocycles. The molecule has 0 saturated carbocycles. The molecule has 1 heterocycles. The zero-order chi connectivity index (χ0) is 15.4. The summed E-state index contributed by atoms with van der Waals surface area (Å²) in [7, 11) is 0. The van der Waals surface area contributed by atoms with Gasteiger partial charge < -0.3 is 10.4 Å². The molecule has 0 aliphatic carbocycles. The van der Waals surface area contributed by atoms with E-state index in [-0.39, 0.29) is 12.0 Å². The fourth-order valence-corrected chi connectivity index (χ4v) is 3.19. The van der Waals surface area contributed by atoms with Gasteiger partial charge in [-0.3, -0.25) is 9.69 Å². The quantitative estimate of drug-likeness (QED) is 0.879. The van der Waals surface area contributed by atoms with Gasteiger partial charge in [0.25, 0.3) is 0 Å². The molecule has 2 rings (SSSR count). The van der Waals surface area contributed by atoms with Crippen LogP contribution in [0.2, 0.25) is 5.02 Å². The Balaban J connectivity index is 1.95. The van der Waals surface area contributed by atoms with Crippen molar-refractivity contribution in [3.05, 3.63) is 28.8 Å². The highest BCUT2D eigenvalue weighted by Crippen LogP contribution is 2.26. The van der Waals surface area contributed by atoms with Crippen LogP contribution < -0.4 is 5.32 Å². The van der Waals surface area contributed by atoms with Gasteiger partial charge >= 0.3 is 0 Å². The molecule has 2 unspecified atom stereocenters. The number of amides is 1. The third-order valence-electron chi connectivity index (χ3n) is 3.95. The fourth-order valence-electron chi connectivity index (χ4n) is 2.92. The van der Waals surface area contributed by atoms with Gasteiger partial charge in [0, 0.05) is 6.04 Å². The first-order chi connectivity index (χ1) is 9.97. The van der Waals surface area contributed by atoms with Crippen LogP contribution in [0.4, 0.5) is 5.69 Å². The molecular formula is C16H23ClN2O2. The van der Waals surface area contributed by atoms with Gasteiger partial charge in [-0.25, -0.2) is 0 Å². The van der Waals surface area contributed by atoms with Gasteiger partial charge in [-0.1, -0.05) is 23.7 Å². The van der Waals surface area contributed by atoms with Crippen molar-refractivity contribution in [2.24, 2.45) is 0 Å². The number of hydrogen-bond acceptors (Lipinski definition) is 3. The molecule has 0 bridgehead atoms. The summed E-state index contributed by atoms with van der Waals surface area (Å²) in [5.74, 6) is -0.0521. The number of carbonyl (C=O) groups excluding carboxylic acids is 1. The van der Waals surface area contributed by atoms with E-state index in [9.17, 15) is 9.90 Å². The molecule has 21 heavy (non-hydrogen) atoms. The second kappa shape index (κ2) is 7.25. The Kier molecular flexibility index (Phi) is 5.62. The molecular weight excluding hydrogens is 288 g/mol. The van der Waals surface area contributed by atoms with Crippen LogP contribution >= 0.6 is 11.6 Å². The van der Waals surface area contributed by atoms with E-state index in [1.165, 1.54) is 0 Å². The Labute approximate surface area is 131 Å². The number of halogens is 1. The van der Waals surface area contributed by atoms with Crippen molar-refractivity contribution in [2.75, 3.05) is 18.4 Å². The van der Waals surface area contributed by atoms with Crippen LogP contribution in [0.5, 0.6) is 0 Å². The number of benzene rings is 1. The van der Waals surface area contributed by atoms with Crippen LogP contribution in [0.15, 0.2) is 18.2 Å². The number of carbonyl (C=O) groups is 1. The second-order valence-corrected chi connectivity index (χ2v) is 6.24. The summed E-state index contributed by atoms with van der Waals surface area (Å²) in [6.45, 7) is 4.98. The van der Waals surface area contributed by atoms with Crippen LogP contribution in [-0.4, -0.2) is 41.1 Å². The van der Waals surface area contributed by atoms with E-state index in [1.54, 1.807) is 13.0 Å². The maximum Gasteiger partial charge on any atom is 0.238 e. The Morgan fingerprint density at radius 3 is 3.00 bits per heavy atom. The molecule has 116 valence electrons. The molecule has 4 nitrogen and oxygen atoms in total. The molecule has 1 amide bonds. The zero-order valence-electron chi connectivity index (χ0n) is 12.6. The topological polar surface area (TPSA) is 52.6 Å². The predicted octanol–water partition coefficient (Wildman–Crippen LogP) is 2.82. The number of para-hydroxylation sites is 1. The normalized spacial score (nSPS) is 20.5. The minimum Gasteiger partial charge on any atom is -0.393 e. The summed E-state index contributed by atoms with van der Waals surface area (Å²) in [5.41, 5.74) is 1.65. The van der Waals surface area contributed by atoms with Crippen molar-refractivity contribution in [2.45, 2.75) is 45.3 Å². The maximum atomic E-state index is 12.2. The molecule has 1 aliphatic heterocycles. The number of nitrogens with one attached hydrogen (secondary N) is 1. The van der Waals surface area contributed by atoms with Crippen molar-refractivity contribution in [3.8, 4) is 0 Å². The van der Waals surface area contributed by atoms with Crippen molar-refractivity contribution >= 4 is 23.2 Å². The molecule has 0 spiro atoms. The van der Waals surface area contributed by atoms with Gasteiger partial charge in [-0.2, -0.15) is 0 Å². The minimum absolute atomic E-state index is 0.0521. The van der Waals surface area contributed by atoms with Crippen LogP contribution in [0.1, 0.15) is 31.7 Å². The van der Waals surface area contributed by atoms with E-state index in [2.05, 4.69) is 10.2 Å². The average Bonchev–Trinajstić information content (AvgIpc) is 2.80. The number of anilines is 1. The summed E-state index contributed by atoms with van der Waals surface area (Å²) in [4.78, 5) is 14.4. The smallest absolute Gasteiger partial charge is 0.238 e. The molecule has 1 aliphatic rings. The van der Waals surface area contributed by atoms with Crippen LogP contribution in [0, 0.1) is 6.92 Å². The number of hydrogen-bond donors (Lipinski definition) is 2. The summed E-state index contributed by atoms with van der Waals surface area (Å²) >= 11 is 6.13. The monoisotopic (exact) mass is 310 g/mol. The highest BCUT2D eigenvalue weighted by Gasteiger charge is 2.27. The van der Waals surface area contributed by atoms with Gasteiger partial charge in [0.05, 0.1) is 23.4 Å². The lowest BCUT2D eigenvalue weighted by Gasteiger charge is -2.25. The SMILES string of the molecule is Cc1cccc(Cl)c1NC(=O)CN1CCCC1CC(C)O. The largest absolute Gasteiger partial charge is 0.393 e. The standard InChI is InChI=1S/C16H23ClN2O2/c1-11-5-3-7-14(17)16(11)18-15(21)10-19-8-4-6-13(19)9-12(2)20/h3,5,7,12-13,20H,4,6,8-10H2,1-2H3,(H,18,21). The first kappa shape index (κ1) is 16.3. The number of likely N-dealkylation sites (tertiary alicyclic amines) is 1. The molecule has 5 heteroatoms. The van der Waals surface area contributed by atoms with Crippen molar-refractivity contribution in [1.82, 2.24) is 4.90 Å². The lowest BCUT2D eigenvalue weighted by atomic mass is 10.1. The molecule has 2 N–H and O–H groups in total. The van der Waals surface area contributed by atoms with E-state index < -0.39 is 0 Å². The number of aliphatic hydroxyl groups is 1. The molecule has 1 fully saturated rings. The summed E-state index contributed by atoms with van der Waals surface area (Å²) in [6, 6.07) is 5.86. The Bertz CT molecular complexity index is 485. The lowest BCUT2D eigenvalue weighted by Crippen LogP contribution is -2.38. The van der Waals surface area contributed by atoms with E-state index >= 15 is 0 Å². The predicted molar refractivity (Wildman–Crippen MR) is 85.7 cm³/mol. The van der Waals surface area contributed by atoms with Crippen LogP contribution in [0.3, 0.4) is 0 Å². The van der Waals surface area contributed by atoms with Gasteiger partial charge in [-0.05, 0) is 51.3 Å². The van der Waals surface area contributed by atoms with E-state index in [0.29, 0.717) is 23.3 Å². The van der Waals surface area contributed by atoms with Crippen LogP contribution in [-0.2, 0) is 4.79 Å². The summed E-state index contributed by atoms with van der Waals surface area (Å²) in [5, 5.41) is 13.0. The molecule has 2 atom stereocenters. The third-order valence-corrected chi connectivity index (χ3v) is 4.26. The summed E-state index contributed by atoms with van der Waals surface area (Å²) in [6.07, 6.45) is 2.52. The summed E-state index contributed by atoms with van der Waals surface area (Å²) < 4.78 is 0. The maximum absolute atomic E-state index is 12.2. The Morgan fingerprint density at radius 2 is 2.33 bits per heavy atom. The van der Waals surface area contributed by atoms with E-state index in [1.807, 2.05) is 19.1 Å². The van der Waals surface area contributed by atoms with Gasteiger partial charge in [-0.15, -0.1) is 0 Å². The highest BCUT2D eigenvalue weighted by atomic mass is 35.5. The average molecular weight is 311 g/mol. The second-order valence-electron chi connectivity index (χ2n) is 5.83. The van der Waals surface area contributed by atoms with Gasteiger partial charge in [0.15, 0.2) is 0 Å². The first-order valence-electron chi connectivity index (χ1n) is 7.44. The van der Waals surface area contributed by atoms with Crippen molar-refractivity contribution < 1.29 is 9.90 Å². The number of rotatable bonds is 5. The number of aryl methyl sites for hydroxylation is 1. The first-order valence-corrected chi connectivity index (χ1v) is 7.82. The molecule has 0 radical (unpaired) electrons. The van der Waals surface area contributed by atoms with E-state index in [0.717, 1.165) is 31.4 Å². The van der Waals surface area contributed by atoms with Crippen molar-refractivity contribution in [3.63, 3.8) is 0 Å². The Hall–Kier alpha value is -1.10. The third kappa shape index (κ3) is 4.43. The zero-order valence-corrected chi connectivity index (χ0v) is 13.4. The minimum atomic E-state index is -0.329. The number of aliphatic hydroxyl groups excluding tert-OH is 1. The van der Waals surface area contributed by atoms with Crippen LogP contribution in [0.25, 0.3) is 0 Å². The Morgan fingerprint density at radius 1 is 1.57 bits per heavy atom. The highest BCUT2D eigenvalue weighted by molar-refractivity contribution is 6.33. The van der Waals surface area contributed by atoms with Gasteiger partial charge in [0.1, 0.15) is 0 Å². The van der Waals surface area contributed by atoms with E-state index in [4.69, 9.17) is 11.6 Å². The number of nitrogens with zero attached hydrogens (tertiary/aromatic N) is 1. The lowest BCUT2D eigenvalue weighted by molar-refractivity contribution is -0.117.